The number of benzene rings is 1. The van der Waals surface area contributed by atoms with Gasteiger partial charge in [0.2, 0.25) is 0 Å². The zero-order chi connectivity index (χ0) is 14.6. The number of halogens is 3. The largest absolute Gasteiger partial charge is 0.417 e. The van der Waals surface area contributed by atoms with E-state index in [-0.39, 0.29) is 12.1 Å². The molecule has 0 radical (unpaired) electrons. The van der Waals surface area contributed by atoms with Gasteiger partial charge >= 0.3 is 6.18 Å². The molecule has 102 valence electrons. The van der Waals surface area contributed by atoms with Gasteiger partial charge in [-0.2, -0.15) is 13.2 Å². The lowest BCUT2D eigenvalue weighted by Crippen LogP contribution is -2.07. The zero-order valence-electron chi connectivity index (χ0n) is 10.2. The molecule has 0 unspecified atom stereocenters. The molecule has 0 bridgehead atoms. The van der Waals surface area contributed by atoms with Crippen molar-refractivity contribution in [3.05, 3.63) is 64.3 Å². The van der Waals surface area contributed by atoms with Crippen LogP contribution in [0.25, 0.3) is 21.6 Å². The monoisotopic (exact) mass is 278 g/mol. The van der Waals surface area contributed by atoms with Crippen LogP contribution in [0.15, 0.2) is 47.8 Å². The average molecular weight is 278 g/mol. The highest BCUT2D eigenvalue weighted by Crippen LogP contribution is 2.37. The van der Waals surface area contributed by atoms with Crippen molar-refractivity contribution >= 4 is 0 Å². The SMILES string of the molecule is [N-]=[N+]=NCc1cnccc1-c1ccccc1C(F)(F)F. The number of pyridine rings is 1. The number of hydrogen-bond donors (Lipinski definition) is 0. The summed E-state index contributed by atoms with van der Waals surface area (Å²) in [7, 11) is 0. The Balaban J connectivity index is 2.60. The van der Waals surface area contributed by atoms with Crippen molar-refractivity contribution in [2.45, 2.75) is 12.7 Å². The standard InChI is InChI=1S/C13H9F3N4/c14-13(15,16)12-4-2-1-3-11(12)10-5-6-18-7-9(10)8-19-20-17/h1-7H,8H2. The van der Waals surface area contributed by atoms with Crippen molar-refractivity contribution in [1.29, 1.82) is 0 Å². The van der Waals surface area contributed by atoms with E-state index in [0.29, 0.717) is 11.1 Å². The number of hydrogen-bond acceptors (Lipinski definition) is 2. The van der Waals surface area contributed by atoms with Gasteiger partial charge in [0.05, 0.1) is 12.1 Å². The maximum atomic E-state index is 13.0. The van der Waals surface area contributed by atoms with Crippen molar-refractivity contribution in [2.24, 2.45) is 5.11 Å². The highest BCUT2D eigenvalue weighted by atomic mass is 19.4. The van der Waals surface area contributed by atoms with Crippen LogP contribution in [0, 0.1) is 0 Å². The van der Waals surface area contributed by atoms with Gasteiger partial charge in [0, 0.05) is 17.3 Å². The van der Waals surface area contributed by atoms with Crippen molar-refractivity contribution in [3.63, 3.8) is 0 Å². The second kappa shape index (κ2) is 5.63. The zero-order valence-corrected chi connectivity index (χ0v) is 10.2. The number of nitrogens with zero attached hydrogens (tertiary/aromatic N) is 4. The summed E-state index contributed by atoms with van der Waals surface area (Å²) in [5.41, 5.74) is 8.46. The molecule has 0 saturated carbocycles. The lowest BCUT2D eigenvalue weighted by atomic mass is 9.96. The fourth-order valence-corrected chi connectivity index (χ4v) is 1.89. The molecule has 7 heteroatoms. The van der Waals surface area contributed by atoms with Crippen LogP contribution in [0.2, 0.25) is 0 Å². The molecular weight excluding hydrogens is 269 g/mol. The molecule has 0 aliphatic rings. The molecule has 0 aliphatic heterocycles. The van der Waals surface area contributed by atoms with Gasteiger partial charge in [-0.15, -0.1) is 0 Å². The summed E-state index contributed by atoms with van der Waals surface area (Å²) in [6.45, 7) is -0.0497. The Morgan fingerprint density at radius 2 is 1.90 bits per heavy atom. The molecule has 0 saturated heterocycles. The lowest BCUT2D eigenvalue weighted by molar-refractivity contribution is -0.137. The first-order valence-corrected chi connectivity index (χ1v) is 5.64. The molecular formula is C13H9F3N4. The van der Waals surface area contributed by atoms with Gasteiger partial charge in [-0.05, 0) is 34.4 Å². The van der Waals surface area contributed by atoms with Crippen molar-refractivity contribution in [1.82, 2.24) is 4.98 Å². The minimum Gasteiger partial charge on any atom is -0.264 e. The molecule has 2 rings (SSSR count). The van der Waals surface area contributed by atoms with E-state index in [1.165, 1.54) is 36.7 Å². The van der Waals surface area contributed by atoms with E-state index < -0.39 is 11.7 Å². The summed E-state index contributed by atoms with van der Waals surface area (Å²) in [6.07, 6.45) is -1.64. The van der Waals surface area contributed by atoms with Crippen LogP contribution >= 0.6 is 0 Å². The summed E-state index contributed by atoms with van der Waals surface area (Å²) in [5.74, 6) is 0. The van der Waals surface area contributed by atoms with Crippen molar-refractivity contribution in [2.75, 3.05) is 0 Å². The molecule has 0 aliphatic carbocycles. The molecule has 20 heavy (non-hydrogen) atoms. The molecule has 4 nitrogen and oxygen atoms in total. The molecule has 2 aromatic rings. The third-order valence-electron chi connectivity index (χ3n) is 2.73. The highest BCUT2D eigenvalue weighted by Gasteiger charge is 2.33. The van der Waals surface area contributed by atoms with Crippen LogP contribution in [-0.4, -0.2) is 4.98 Å². The molecule has 0 fully saturated rings. The van der Waals surface area contributed by atoms with Gasteiger partial charge in [0.15, 0.2) is 0 Å². The Morgan fingerprint density at radius 1 is 1.15 bits per heavy atom. The first-order chi connectivity index (χ1) is 9.54. The topological polar surface area (TPSA) is 61.7 Å². The second-order valence-electron chi connectivity index (χ2n) is 3.97. The van der Waals surface area contributed by atoms with Crippen LogP contribution in [0.1, 0.15) is 11.1 Å². The van der Waals surface area contributed by atoms with Gasteiger partial charge in [0.1, 0.15) is 0 Å². The van der Waals surface area contributed by atoms with Crippen LogP contribution < -0.4 is 0 Å². The molecule has 1 aromatic heterocycles. The van der Waals surface area contributed by atoms with Gasteiger partial charge < -0.3 is 0 Å². The number of aromatic nitrogens is 1. The van der Waals surface area contributed by atoms with E-state index in [9.17, 15) is 13.2 Å². The molecule has 1 heterocycles. The van der Waals surface area contributed by atoms with E-state index in [1.807, 2.05) is 0 Å². The summed E-state index contributed by atoms with van der Waals surface area (Å²) in [6, 6.07) is 6.75. The predicted molar refractivity (Wildman–Crippen MR) is 67.5 cm³/mol. The van der Waals surface area contributed by atoms with E-state index in [1.54, 1.807) is 0 Å². The molecule has 0 atom stereocenters. The number of azide groups is 1. The maximum Gasteiger partial charge on any atom is 0.417 e. The normalized spacial score (nSPS) is 10.9. The van der Waals surface area contributed by atoms with E-state index in [4.69, 9.17) is 5.53 Å². The third-order valence-corrected chi connectivity index (χ3v) is 2.73. The van der Waals surface area contributed by atoms with Crippen molar-refractivity contribution < 1.29 is 13.2 Å². The summed E-state index contributed by atoms with van der Waals surface area (Å²) in [5, 5.41) is 3.38. The quantitative estimate of drug-likeness (QED) is 0.460. The Bertz CT molecular complexity index is 661. The fourth-order valence-electron chi connectivity index (χ4n) is 1.89. The van der Waals surface area contributed by atoms with Crippen molar-refractivity contribution in [3.8, 4) is 11.1 Å². The summed E-state index contributed by atoms with van der Waals surface area (Å²) >= 11 is 0. The second-order valence-corrected chi connectivity index (χ2v) is 3.97. The maximum absolute atomic E-state index is 13.0. The molecule has 1 aromatic carbocycles. The lowest BCUT2D eigenvalue weighted by Gasteiger charge is -2.14. The van der Waals surface area contributed by atoms with E-state index in [0.717, 1.165) is 6.07 Å². The Morgan fingerprint density at radius 3 is 2.60 bits per heavy atom. The summed E-state index contributed by atoms with van der Waals surface area (Å²) in [4.78, 5) is 6.46. The van der Waals surface area contributed by atoms with E-state index in [2.05, 4.69) is 15.0 Å². The van der Waals surface area contributed by atoms with Crippen LogP contribution in [0.3, 0.4) is 0 Å². The van der Waals surface area contributed by atoms with E-state index >= 15 is 0 Å². The first-order valence-electron chi connectivity index (χ1n) is 5.64. The molecule has 0 N–H and O–H groups in total. The smallest absolute Gasteiger partial charge is 0.264 e. The minimum atomic E-state index is -4.45. The number of rotatable bonds is 3. The Kier molecular flexibility index (Phi) is 3.91. The summed E-state index contributed by atoms with van der Waals surface area (Å²) < 4.78 is 39.1. The average Bonchev–Trinajstić information content (AvgIpc) is 2.44. The minimum absolute atomic E-state index is 0.0468. The highest BCUT2D eigenvalue weighted by molar-refractivity contribution is 5.70. The Labute approximate surface area is 112 Å². The van der Waals surface area contributed by atoms with Crippen LogP contribution in [0.5, 0.6) is 0 Å². The van der Waals surface area contributed by atoms with Crippen LogP contribution in [0.4, 0.5) is 13.2 Å². The molecule has 0 amide bonds. The van der Waals surface area contributed by atoms with Crippen LogP contribution in [-0.2, 0) is 12.7 Å². The fraction of sp³-hybridized carbons (Fsp3) is 0.154. The number of alkyl halides is 3. The predicted octanol–water partition coefficient (Wildman–Crippen LogP) is 4.58. The van der Waals surface area contributed by atoms with Gasteiger partial charge in [0.25, 0.3) is 0 Å². The van der Waals surface area contributed by atoms with Gasteiger partial charge in [-0.1, -0.05) is 23.3 Å². The third kappa shape index (κ3) is 2.89. The van der Waals surface area contributed by atoms with Gasteiger partial charge in [-0.3, -0.25) is 4.98 Å². The Hall–Kier alpha value is -2.53. The first kappa shape index (κ1) is 13.9. The molecule has 0 spiro atoms. The van der Waals surface area contributed by atoms with Gasteiger partial charge in [-0.25, -0.2) is 0 Å².